The second-order valence-electron chi connectivity index (χ2n) is 3.98. The van der Waals surface area contributed by atoms with Crippen molar-refractivity contribution in [2.75, 3.05) is 0 Å². The number of hydrogen-bond donors (Lipinski definition) is 1. The minimum Gasteiger partial charge on any atom is -0.305 e. The van der Waals surface area contributed by atoms with E-state index in [1.807, 2.05) is 18.2 Å². The first-order valence-electron chi connectivity index (χ1n) is 5.64. The number of nitrogens with one attached hydrogen (secondary N) is 1. The average molecular weight is 230 g/mol. The van der Waals surface area contributed by atoms with E-state index >= 15 is 0 Å². The summed E-state index contributed by atoms with van der Waals surface area (Å²) in [4.78, 5) is 4.28. The topological polar surface area (TPSA) is 24.9 Å². The molecule has 17 heavy (non-hydrogen) atoms. The van der Waals surface area contributed by atoms with E-state index in [2.05, 4.69) is 17.2 Å². The molecule has 2 aromatic rings. The maximum atomic E-state index is 12.7. The monoisotopic (exact) mass is 230 g/mol. The first-order chi connectivity index (χ1) is 8.25. The first kappa shape index (κ1) is 11.7. The lowest BCUT2D eigenvalue weighted by molar-refractivity contribution is 0.560. The van der Waals surface area contributed by atoms with Crippen molar-refractivity contribution in [3.05, 3.63) is 65.7 Å². The molecule has 0 bridgehead atoms. The lowest BCUT2D eigenvalue weighted by Crippen LogP contribution is -2.18. The van der Waals surface area contributed by atoms with Gasteiger partial charge in [-0.05, 0) is 36.8 Å². The van der Waals surface area contributed by atoms with Crippen molar-refractivity contribution in [2.45, 2.75) is 19.5 Å². The van der Waals surface area contributed by atoms with Crippen LogP contribution in [0, 0.1) is 5.82 Å². The van der Waals surface area contributed by atoms with Crippen molar-refractivity contribution in [3.63, 3.8) is 0 Å². The number of rotatable bonds is 4. The van der Waals surface area contributed by atoms with Gasteiger partial charge in [0.1, 0.15) is 5.82 Å². The largest absolute Gasteiger partial charge is 0.305 e. The van der Waals surface area contributed by atoms with Crippen LogP contribution < -0.4 is 5.32 Å². The van der Waals surface area contributed by atoms with Crippen LogP contribution in [0.15, 0.2) is 48.7 Å². The lowest BCUT2D eigenvalue weighted by Gasteiger charge is -2.13. The van der Waals surface area contributed by atoms with E-state index in [-0.39, 0.29) is 11.9 Å². The van der Waals surface area contributed by atoms with E-state index in [4.69, 9.17) is 0 Å². The van der Waals surface area contributed by atoms with E-state index < -0.39 is 0 Å². The summed E-state index contributed by atoms with van der Waals surface area (Å²) in [5.41, 5.74) is 2.07. The van der Waals surface area contributed by atoms with Crippen molar-refractivity contribution in [1.82, 2.24) is 10.3 Å². The van der Waals surface area contributed by atoms with Crippen LogP contribution in [0.3, 0.4) is 0 Å². The van der Waals surface area contributed by atoms with E-state index in [0.29, 0.717) is 6.54 Å². The molecule has 0 saturated carbocycles. The summed E-state index contributed by atoms with van der Waals surface area (Å²) >= 11 is 0. The molecule has 1 N–H and O–H groups in total. The van der Waals surface area contributed by atoms with Gasteiger partial charge in [-0.25, -0.2) is 4.39 Å². The molecule has 3 heteroatoms. The van der Waals surface area contributed by atoms with Gasteiger partial charge in [-0.2, -0.15) is 0 Å². The van der Waals surface area contributed by atoms with Crippen LogP contribution in [-0.2, 0) is 6.54 Å². The van der Waals surface area contributed by atoms with Crippen LogP contribution in [0.25, 0.3) is 0 Å². The van der Waals surface area contributed by atoms with Crippen molar-refractivity contribution < 1.29 is 4.39 Å². The average Bonchev–Trinajstić information content (AvgIpc) is 2.39. The number of aromatic nitrogens is 1. The minimum atomic E-state index is -0.202. The fourth-order valence-corrected chi connectivity index (χ4v) is 1.61. The Hall–Kier alpha value is -1.74. The molecule has 0 aliphatic carbocycles. The van der Waals surface area contributed by atoms with Gasteiger partial charge in [0.05, 0.1) is 5.69 Å². The molecule has 1 heterocycles. The van der Waals surface area contributed by atoms with Crippen molar-refractivity contribution >= 4 is 0 Å². The zero-order valence-corrected chi connectivity index (χ0v) is 9.73. The molecule has 1 aromatic heterocycles. The Labute approximate surface area is 101 Å². The molecule has 88 valence electrons. The fourth-order valence-electron chi connectivity index (χ4n) is 1.61. The highest BCUT2D eigenvalue weighted by atomic mass is 19.1. The van der Waals surface area contributed by atoms with Gasteiger partial charge in [0.2, 0.25) is 0 Å². The quantitative estimate of drug-likeness (QED) is 0.873. The maximum Gasteiger partial charge on any atom is 0.123 e. The minimum absolute atomic E-state index is 0.182. The van der Waals surface area contributed by atoms with Gasteiger partial charge in [0.15, 0.2) is 0 Å². The highest BCUT2D eigenvalue weighted by Gasteiger charge is 2.04. The number of hydrogen-bond acceptors (Lipinski definition) is 2. The van der Waals surface area contributed by atoms with Gasteiger partial charge >= 0.3 is 0 Å². The normalized spacial score (nSPS) is 12.4. The van der Waals surface area contributed by atoms with Crippen LogP contribution in [0.2, 0.25) is 0 Å². The van der Waals surface area contributed by atoms with Crippen molar-refractivity contribution in [1.29, 1.82) is 0 Å². The Morgan fingerprint density at radius 1 is 1.18 bits per heavy atom. The zero-order valence-electron chi connectivity index (χ0n) is 9.73. The third kappa shape index (κ3) is 3.36. The molecule has 0 saturated heterocycles. The Kier molecular flexibility index (Phi) is 3.83. The summed E-state index contributed by atoms with van der Waals surface area (Å²) < 4.78 is 12.7. The van der Waals surface area contributed by atoms with Gasteiger partial charge in [-0.3, -0.25) is 4.98 Å². The van der Waals surface area contributed by atoms with Gasteiger partial charge in [0.25, 0.3) is 0 Å². The molecule has 1 aromatic carbocycles. The van der Waals surface area contributed by atoms with Gasteiger partial charge in [-0.15, -0.1) is 0 Å². The number of nitrogens with zero attached hydrogens (tertiary/aromatic N) is 1. The van der Waals surface area contributed by atoms with Crippen molar-refractivity contribution in [3.8, 4) is 0 Å². The summed E-state index contributed by atoms with van der Waals surface area (Å²) in [5, 5.41) is 3.35. The molecule has 0 spiro atoms. The number of pyridine rings is 1. The molecular weight excluding hydrogens is 215 g/mol. The molecular formula is C14H15FN2. The van der Waals surface area contributed by atoms with Crippen LogP contribution in [0.4, 0.5) is 4.39 Å². The Balaban J connectivity index is 1.92. The Morgan fingerprint density at radius 2 is 1.94 bits per heavy atom. The highest BCUT2D eigenvalue weighted by Crippen LogP contribution is 2.09. The second-order valence-corrected chi connectivity index (χ2v) is 3.98. The second kappa shape index (κ2) is 5.55. The van der Waals surface area contributed by atoms with Crippen LogP contribution >= 0.6 is 0 Å². The van der Waals surface area contributed by atoms with Gasteiger partial charge in [0, 0.05) is 18.8 Å². The van der Waals surface area contributed by atoms with Crippen LogP contribution in [-0.4, -0.2) is 4.98 Å². The van der Waals surface area contributed by atoms with Crippen LogP contribution in [0.1, 0.15) is 24.2 Å². The number of benzene rings is 1. The highest BCUT2D eigenvalue weighted by molar-refractivity contribution is 5.16. The third-order valence-corrected chi connectivity index (χ3v) is 2.66. The molecule has 0 unspecified atom stereocenters. The Bertz CT molecular complexity index is 453. The van der Waals surface area contributed by atoms with E-state index in [9.17, 15) is 4.39 Å². The predicted octanol–water partition coefficient (Wildman–Crippen LogP) is 3.07. The summed E-state index contributed by atoms with van der Waals surface area (Å²) in [6.07, 6.45) is 1.78. The smallest absolute Gasteiger partial charge is 0.123 e. The first-order valence-corrected chi connectivity index (χ1v) is 5.64. The summed E-state index contributed by atoms with van der Waals surface area (Å²) in [6, 6.07) is 12.6. The molecule has 0 aliphatic heterocycles. The molecule has 2 rings (SSSR count). The van der Waals surface area contributed by atoms with Gasteiger partial charge < -0.3 is 5.32 Å². The fraction of sp³-hybridized carbons (Fsp3) is 0.214. The molecule has 0 aliphatic rings. The third-order valence-electron chi connectivity index (χ3n) is 2.66. The molecule has 1 atom stereocenters. The standard InChI is InChI=1S/C14H15FN2/c1-11(14-4-2-3-9-16-14)17-10-12-5-7-13(15)8-6-12/h2-9,11,17H,10H2,1H3/t11-/m0/s1. The van der Waals surface area contributed by atoms with Crippen molar-refractivity contribution in [2.24, 2.45) is 0 Å². The van der Waals surface area contributed by atoms with Crippen LogP contribution in [0.5, 0.6) is 0 Å². The molecule has 0 radical (unpaired) electrons. The molecule has 2 nitrogen and oxygen atoms in total. The molecule has 0 fully saturated rings. The maximum absolute atomic E-state index is 12.7. The van der Waals surface area contributed by atoms with E-state index in [1.165, 1.54) is 12.1 Å². The zero-order chi connectivity index (χ0) is 12.1. The SMILES string of the molecule is C[C@H](NCc1ccc(F)cc1)c1ccccn1. The molecule has 0 amide bonds. The summed E-state index contributed by atoms with van der Waals surface area (Å²) in [5.74, 6) is -0.202. The van der Waals surface area contributed by atoms with E-state index in [1.54, 1.807) is 18.3 Å². The Morgan fingerprint density at radius 3 is 2.59 bits per heavy atom. The summed E-state index contributed by atoms with van der Waals surface area (Å²) in [7, 11) is 0. The summed E-state index contributed by atoms with van der Waals surface area (Å²) in [6.45, 7) is 2.77. The lowest BCUT2D eigenvalue weighted by atomic mass is 10.2. The van der Waals surface area contributed by atoms with Gasteiger partial charge in [-0.1, -0.05) is 18.2 Å². The predicted molar refractivity (Wildman–Crippen MR) is 65.9 cm³/mol. The van der Waals surface area contributed by atoms with E-state index in [0.717, 1.165) is 11.3 Å². The number of halogens is 1.